The number of imidazole rings is 4. The number of aromatic nitrogens is 10. The number of para-hydroxylation sites is 12. The van der Waals surface area contributed by atoms with Crippen molar-refractivity contribution in [2.75, 3.05) is 6.61 Å². The minimum atomic E-state index is -4.94. The number of nitrogens with zero attached hydrogens (tertiary/aromatic N) is 10. The van der Waals surface area contributed by atoms with E-state index in [1.165, 1.54) is 0 Å². The summed E-state index contributed by atoms with van der Waals surface area (Å²) < 4.78 is 76.6. The average Bonchev–Trinajstić information content (AvgIpc) is 1.80. The third kappa shape index (κ3) is 15.8. The Hall–Kier alpha value is -9.30. The summed E-state index contributed by atoms with van der Waals surface area (Å²) in [7, 11) is -9.89. The summed E-state index contributed by atoms with van der Waals surface area (Å²) >= 11 is 0. The molecule has 24 heteroatoms. The van der Waals surface area contributed by atoms with Crippen LogP contribution in [0.3, 0.4) is 0 Å². The molecule has 21 nitrogen and oxygen atoms in total. The van der Waals surface area contributed by atoms with Crippen molar-refractivity contribution in [1.82, 2.24) is 48.2 Å². The quantitative estimate of drug-likeness (QED) is 0.214. The molecule has 14 aromatic rings. The van der Waals surface area contributed by atoms with Crippen LogP contribution in [-0.2, 0) is 19.5 Å². The molecule has 8 aromatic carbocycles. The molecular weight excluding hydrogens is 1220 g/mol. The summed E-state index contributed by atoms with van der Waals surface area (Å²) in [6.45, 7) is 1.93. The number of rotatable bonds is 8. The third-order valence-corrected chi connectivity index (χ3v) is 12.7. The van der Waals surface area contributed by atoms with Crippen LogP contribution in [0, 0.1) is 20.5 Å². The van der Waals surface area contributed by atoms with Gasteiger partial charge in [-0.1, -0.05) is 133 Å². The molecule has 14 rings (SSSR count). The van der Waals surface area contributed by atoms with Gasteiger partial charge in [0.15, 0.2) is 23.3 Å². The topological polar surface area (TPSA) is 365 Å². The smallest absolute Gasteiger partial charge is 0.412 e. The van der Waals surface area contributed by atoms with E-state index in [2.05, 4.69) is 91.1 Å². The van der Waals surface area contributed by atoms with Crippen LogP contribution in [0.2, 0.25) is 0 Å². The molecule has 0 saturated carbocycles. The van der Waals surface area contributed by atoms with Gasteiger partial charge in [0, 0.05) is 29.4 Å². The van der Waals surface area contributed by atoms with Gasteiger partial charge in [0.25, 0.3) is 0 Å². The second-order valence-electron chi connectivity index (χ2n) is 18.3. The van der Waals surface area contributed by atoms with Gasteiger partial charge in [-0.15, -0.1) is 20.5 Å². The molecule has 88 heavy (non-hydrogen) atoms. The van der Waals surface area contributed by atoms with Gasteiger partial charge in [0.05, 0.1) is 44.1 Å². The van der Waals surface area contributed by atoms with Gasteiger partial charge in [0.1, 0.15) is 22.8 Å². The number of pyridine rings is 2. The zero-order valence-electron chi connectivity index (χ0n) is 46.6. The van der Waals surface area contributed by atoms with Crippen LogP contribution in [0.4, 0.5) is 0 Å². The maximum absolute atomic E-state index is 8.49. The fraction of sp³-hybridized carbons (Fsp3) is 0.0312. The largest absolute Gasteiger partial charge is 2.00 e. The van der Waals surface area contributed by atoms with Crippen LogP contribution in [-0.4, -0.2) is 70.8 Å². The van der Waals surface area contributed by atoms with Crippen molar-refractivity contribution >= 4 is 44.1 Å². The van der Waals surface area contributed by atoms with E-state index in [9.17, 15) is 0 Å². The Morgan fingerprint density at radius 2 is 0.455 bits per heavy atom. The van der Waals surface area contributed by atoms with Gasteiger partial charge in [-0.25, -0.2) is 67.2 Å². The molecule has 6 aromatic heterocycles. The predicted octanol–water partition coefficient (Wildman–Crippen LogP) is 3.02. The van der Waals surface area contributed by atoms with Crippen LogP contribution < -0.4 is 37.3 Å². The second kappa shape index (κ2) is 29.9. The molecule has 0 aliphatic carbocycles. The molecule has 0 unspecified atom stereocenters. The maximum Gasteiger partial charge on any atom is 2.00 e. The molecule has 0 saturated heterocycles. The fourth-order valence-electron chi connectivity index (χ4n) is 9.51. The molecule has 440 valence electrons. The zero-order valence-corrected chi connectivity index (χ0v) is 51.1. The first-order chi connectivity index (χ1) is 41.1. The van der Waals surface area contributed by atoms with Gasteiger partial charge in [-0.3, -0.25) is 18.3 Å². The number of hydrogen-bond acceptors (Lipinski definition) is 15. The fourth-order valence-corrected chi connectivity index (χ4v) is 9.51. The van der Waals surface area contributed by atoms with Gasteiger partial charge in [-0.05, 0) is 128 Å². The standard InChI is InChI=1S/2C31H21N5.C2H6O.2ClHO4.2H2O.Zn/c2*1-3-12-22(13-4-1)35-28-20-9-7-16-24(28)33-30(35)26-18-11-19-27(32-26)31-34-25-17-8-10-21-29(25)36(31)23-14-5-2-6-15-23;1-2-3;2*2-1(3,4)5;;;/h2*1-21H;3H,2H2,1H3;2*(H,2,3,4,5);2*1H2;/q;;;;;;;+2/p-2. The van der Waals surface area contributed by atoms with Crippen molar-refractivity contribution in [1.29, 1.82) is 0 Å². The van der Waals surface area contributed by atoms with Crippen molar-refractivity contribution < 1.29 is 93.3 Å². The first-order valence-electron chi connectivity index (χ1n) is 26.1. The van der Waals surface area contributed by atoms with Crippen molar-refractivity contribution in [3.8, 4) is 68.8 Å². The van der Waals surface area contributed by atoms with E-state index in [0.29, 0.717) is 0 Å². The van der Waals surface area contributed by atoms with Crippen LogP contribution in [0.5, 0.6) is 0 Å². The molecule has 0 radical (unpaired) electrons. The Morgan fingerprint density at radius 1 is 0.284 bits per heavy atom. The Kier molecular flexibility index (Phi) is 22.5. The van der Waals surface area contributed by atoms with Crippen molar-refractivity contribution in [3.05, 3.63) is 255 Å². The van der Waals surface area contributed by atoms with E-state index >= 15 is 0 Å². The molecule has 0 aliphatic rings. The SMILES string of the molecule is CCO.O.O.[O-][Cl+3]([O-])([O-])[O-].[O-][Cl+3]([O-])([O-])[O-].[Zn+2].c1ccc(-n2c(-c3cccc(-c4nc5ccccc5n4-c4ccccc4)n3)nc3ccccc32)cc1.c1ccc(-n2c(-c3cccc(-c4nc5ccccc5n4-c4ccccc4)n3)nc3ccccc32)cc1. The number of aliphatic hydroxyl groups is 1. The first-order valence-corrected chi connectivity index (χ1v) is 28.5. The molecule has 0 aliphatic heterocycles. The normalized spacial score (nSPS) is 10.8. The number of halogens is 2. The van der Waals surface area contributed by atoms with Crippen LogP contribution in [0.15, 0.2) is 255 Å². The number of benzene rings is 8. The Labute approximate surface area is 519 Å². The number of hydrogen-bond donors (Lipinski definition) is 1. The van der Waals surface area contributed by atoms with Crippen LogP contribution in [0.25, 0.3) is 113 Å². The predicted molar refractivity (Wildman–Crippen MR) is 309 cm³/mol. The number of fused-ring (bicyclic) bond motifs is 4. The maximum atomic E-state index is 8.49. The minimum Gasteiger partial charge on any atom is -0.412 e. The van der Waals surface area contributed by atoms with Crippen molar-refractivity contribution in [3.63, 3.8) is 0 Å². The monoisotopic (exact) mass is 1270 g/mol. The van der Waals surface area contributed by atoms with Crippen molar-refractivity contribution in [2.45, 2.75) is 6.92 Å². The Balaban J connectivity index is 0.000000204. The second-order valence-corrected chi connectivity index (χ2v) is 19.8. The molecule has 0 spiro atoms. The van der Waals surface area contributed by atoms with E-state index in [1.807, 2.05) is 182 Å². The Bertz CT molecular complexity index is 3950. The molecular formula is C64H52Cl2N10O11Zn. The van der Waals surface area contributed by atoms with E-state index < -0.39 is 20.5 Å². The minimum absolute atomic E-state index is 0. The molecule has 6 heterocycles. The van der Waals surface area contributed by atoms with E-state index in [-0.39, 0.29) is 37.0 Å². The van der Waals surface area contributed by atoms with E-state index in [1.54, 1.807) is 6.92 Å². The van der Waals surface area contributed by atoms with Gasteiger partial charge in [0.2, 0.25) is 0 Å². The third-order valence-electron chi connectivity index (χ3n) is 12.7. The zero-order chi connectivity index (χ0) is 59.5. The summed E-state index contributed by atoms with van der Waals surface area (Å²) in [6, 6.07) is 86.0. The summed E-state index contributed by atoms with van der Waals surface area (Å²) in [5.74, 6) is 3.19. The summed E-state index contributed by atoms with van der Waals surface area (Å²) in [5.41, 5.74) is 15.2. The van der Waals surface area contributed by atoms with E-state index in [4.69, 9.17) is 72.3 Å². The van der Waals surface area contributed by atoms with E-state index in [0.717, 1.165) is 113 Å². The summed E-state index contributed by atoms with van der Waals surface area (Å²) in [6.07, 6.45) is 0. The molecule has 5 N–H and O–H groups in total. The first kappa shape index (κ1) is 66.2. The number of aliphatic hydroxyl groups excluding tert-OH is 1. The van der Waals surface area contributed by atoms with Crippen LogP contribution >= 0.6 is 0 Å². The molecule has 0 fully saturated rings. The van der Waals surface area contributed by atoms with Gasteiger partial charge >= 0.3 is 19.5 Å². The van der Waals surface area contributed by atoms with Crippen molar-refractivity contribution in [2.24, 2.45) is 0 Å². The average molecular weight is 1270 g/mol. The van der Waals surface area contributed by atoms with Gasteiger partial charge < -0.3 is 16.1 Å². The molecule has 0 bridgehead atoms. The van der Waals surface area contributed by atoms with Gasteiger partial charge in [-0.2, -0.15) is 0 Å². The molecule has 0 atom stereocenters. The Morgan fingerprint density at radius 3 is 0.648 bits per heavy atom. The summed E-state index contributed by atoms with van der Waals surface area (Å²) in [5, 5.41) is 7.57. The summed E-state index contributed by atoms with van der Waals surface area (Å²) in [4.78, 5) is 30.2. The molecule has 0 amide bonds. The van der Waals surface area contributed by atoms with Crippen LogP contribution in [0.1, 0.15) is 6.92 Å².